The van der Waals surface area contributed by atoms with Crippen molar-refractivity contribution in [1.29, 1.82) is 0 Å². The first-order valence-corrected chi connectivity index (χ1v) is 7.09. The van der Waals surface area contributed by atoms with Crippen molar-refractivity contribution in [2.75, 3.05) is 5.73 Å². The van der Waals surface area contributed by atoms with Crippen LogP contribution in [-0.2, 0) is 0 Å². The Bertz CT molecular complexity index is 765. The smallest absolute Gasteiger partial charge is 0.126 e. The number of aromatic nitrogens is 1. The molecule has 20 heavy (non-hydrogen) atoms. The van der Waals surface area contributed by atoms with E-state index >= 15 is 0 Å². The molecule has 1 aromatic heterocycles. The van der Waals surface area contributed by atoms with Gasteiger partial charge in [-0.1, -0.05) is 24.3 Å². The van der Waals surface area contributed by atoms with Crippen LogP contribution in [-0.4, -0.2) is 4.98 Å². The number of halogens is 1. The molecule has 0 bridgehead atoms. The van der Waals surface area contributed by atoms with Gasteiger partial charge in [-0.05, 0) is 30.7 Å². The second kappa shape index (κ2) is 5.06. The predicted octanol–water partition coefficient (Wildman–Crippen LogP) is 4.51. The Morgan fingerprint density at radius 2 is 1.95 bits per heavy atom. The Hall–Kier alpha value is -2.20. The summed E-state index contributed by atoms with van der Waals surface area (Å²) in [4.78, 5) is 4.56. The third kappa shape index (κ3) is 2.42. The number of anilines is 1. The summed E-state index contributed by atoms with van der Waals surface area (Å²) in [6.07, 6.45) is 0. The van der Waals surface area contributed by atoms with Crippen molar-refractivity contribution in [3.63, 3.8) is 0 Å². The van der Waals surface area contributed by atoms with Crippen molar-refractivity contribution in [2.45, 2.75) is 6.92 Å². The van der Waals surface area contributed by atoms with Crippen LogP contribution in [0.5, 0.6) is 0 Å². The molecule has 0 aliphatic carbocycles. The van der Waals surface area contributed by atoms with Gasteiger partial charge in [-0.25, -0.2) is 9.37 Å². The van der Waals surface area contributed by atoms with E-state index in [1.807, 2.05) is 35.7 Å². The van der Waals surface area contributed by atoms with Crippen molar-refractivity contribution in [1.82, 2.24) is 4.98 Å². The Morgan fingerprint density at radius 1 is 1.10 bits per heavy atom. The first-order valence-electron chi connectivity index (χ1n) is 6.21. The zero-order chi connectivity index (χ0) is 14.1. The molecule has 100 valence electrons. The van der Waals surface area contributed by atoms with Gasteiger partial charge in [0.2, 0.25) is 0 Å². The van der Waals surface area contributed by atoms with Gasteiger partial charge in [0, 0.05) is 22.2 Å². The van der Waals surface area contributed by atoms with Crippen molar-refractivity contribution < 1.29 is 4.39 Å². The highest BCUT2D eigenvalue weighted by Gasteiger charge is 2.08. The van der Waals surface area contributed by atoms with Gasteiger partial charge in [0.25, 0.3) is 0 Å². The van der Waals surface area contributed by atoms with Crippen LogP contribution in [0.3, 0.4) is 0 Å². The number of nitrogens with two attached hydrogens (primary N) is 1. The molecule has 0 saturated heterocycles. The van der Waals surface area contributed by atoms with Gasteiger partial charge in [0.15, 0.2) is 0 Å². The fourth-order valence-electron chi connectivity index (χ4n) is 1.96. The minimum Gasteiger partial charge on any atom is -0.399 e. The van der Waals surface area contributed by atoms with Crippen LogP contribution in [0.1, 0.15) is 5.56 Å². The van der Waals surface area contributed by atoms with Gasteiger partial charge < -0.3 is 5.73 Å². The van der Waals surface area contributed by atoms with Gasteiger partial charge in [0.05, 0.1) is 5.69 Å². The summed E-state index contributed by atoms with van der Waals surface area (Å²) >= 11 is 1.50. The molecule has 4 heteroatoms. The van der Waals surface area contributed by atoms with Gasteiger partial charge in [-0.2, -0.15) is 0 Å². The zero-order valence-electron chi connectivity index (χ0n) is 10.9. The normalized spacial score (nSPS) is 10.7. The largest absolute Gasteiger partial charge is 0.399 e. The highest BCUT2D eigenvalue weighted by molar-refractivity contribution is 7.13. The summed E-state index contributed by atoms with van der Waals surface area (Å²) < 4.78 is 13.6. The van der Waals surface area contributed by atoms with E-state index in [9.17, 15) is 4.39 Å². The molecule has 1 heterocycles. The van der Waals surface area contributed by atoms with Crippen LogP contribution in [0, 0.1) is 12.7 Å². The molecule has 2 N–H and O–H groups in total. The topological polar surface area (TPSA) is 38.9 Å². The maximum Gasteiger partial charge on any atom is 0.126 e. The van der Waals surface area contributed by atoms with Crippen LogP contribution in [0.4, 0.5) is 10.1 Å². The number of nitrogen functional groups attached to an aromatic ring is 1. The summed E-state index contributed by atoms with van der Waals surface area (Å²) in [6.45, 7) is 1.75. The van der Waals surface area contributed by atoms with E-state index in [0.717, 1.165) is 21.8 Å². The number of aryl methyl sites for hydroxylation is 1. The maximum atomic E-state index is 13.6. The third-order valence-corrected chi connectivity index (χ3v) is 4.00. The Balaban J connectivity index is 1.99. The van der Waals surface area contributed by atoms with Crippen molar-refractivity contribution >= 4 is 17.0 Å². The highest BCUT2D eigenvalue weighted by atomic mass is 32.1. The van der Waals surface area contributed by atoms with Gasteiger partial charge >= 0.3 is 0 Å². The lowest BCUT2D eigenvalue weighted by molar-refractivity contribution is 0.619. The molecule has 0 radical (unpaired) electrons. The fraction of sp³-hybridized carbons (Fsp3) is 0.0625. The molecule has 0 atom stereocenters. The fourth-order valence-corrected chi connectivity index (χ4v) is 2.79. The maximum absolute atomic E-state index is 13.6. The second-order valence-corrected chi connectivity index (χ2v) is 5.49. The molecule has 0 aliphatic heterocycles. The van der Waals surface area contributed by atoms with Crippen molar-refractivity contribution in [3.05, 3.63) is 59.2 Å². The van der Waals surface area contributed by atoms with Gasteiger partial charge in [0.1, 0.15) is 10.8 Å². The molecule has 3 aromatic rings. The van der Waals surface area contributed by atoms with Crippen molar-refractivity contribution in [2.24, 2.45) is 0 Å². The second-order valence-electron chi connectivity index (χ2n) is 4.63. The standard InChI is InChI=1S/C16H13FN2S/c1-10-5-6-12(8-14(10)17)16-19-15(9-20-16)11-3-2-4-13(18)7-11/h2-9H,18H2,1H3. The molecule has 0 spiro atoms. The van der Waals surface area contributed by atoms with Crippen LogP contribution in [0.15, 0.2) is 47.8 Å². The van der Waals surface area contributed by atoms with Gasteiger partial charge in [-0.3, -0.25) is 0 Å². The van der Waals surface area contributed by atoms with E-state index in [-0.39, 0.29) is 5.82 Å². The van der Waals surface area contributed by atoms with E-state index in [1.54, 1.807) is 13.0 Å². The molecule has 0 fully saturated rings. The lowest BCUT2D eigenvalue weighted by Gasteiger charge is -2.00. The average molecular weight is 284 g/mol. The molecule has 0 unspecified atom stereocenters. The first-order chi connectivity index (χ1) is 9.63. The third-order valence-electron chi connectivity index (χ3n) is 3.11. The number of benzene rings is 2. The molecule has 0 amide bonds. The van der Waals surface area contributed by atoms with Crippen LogP contribution in [0.25, 0.3) is 21.8 Å². The molecule has 0 aliphatic rings. The molecular formula is C16H13FN2S. The van der Waals surface area contributed by atoms with E-state index in [1.165, 1.54) is 17.4 Å². The monoisotopic (exact) mass is 284 g/mol. The Kier molecular flexibility index (Phi) is 3.24. The minimum atomic E-state index is -0.205. The van der Waals surface area contributed by atoms with Crippen LogP contribution >= 0.6 is 11.3 Å². The molecule has 2 aromatic carbocycles. The lowest BCUT2D eigenvalue weighted by Crippen LogP contribution is -1.86. The Labute approximate surface area is 120 Å². The SMILES string of the molecule is Cc1ccc(-c2nc(-c3cccc(N)c3)cs2)cc1F. The number of hydrogen-bond donors (Lipinski definition) is 1. The number of hydrogen-bond acceptors (Lipinski definition) is 3. The summed E-state index contributed by atoms with van der Waals surface area (Å²) in [7, 11) is 0. The lowest BCUT2D eigenvalue weighted by atomic mass is 10.1. The van der Waals surface area contributed by atoms with E-state index in [2.05, 4.69) is 4.98 Å². The van der Waals surface area contributed by atoms with Gasteiger partial charge in [-0.15, -0.1) is 11.3 Å². The highest BCUT2D eigenvalue weighted by Crippen LogP contribution is 2.30. The van der Waals surface area contributed by atoms with E-state index < -0.39 is 0 Å². The number of rotatable bonds is 2. The summed E-state index contributed by atoms with van der Waals surface area (Å²) in [6, 6.07) is 12.8. The first kappa shape index (κ1) is 12.8. The van der Waals surface area contributed by atoms with E-state index in [4.69, 9.17) is 5.73 Å². The predicted molar refractivity (Wildman–Crippen MR) is 82.1 cm³/mol. The van der Waals surface area contributed by atoms with E-state index in [0.29, 0.717) is 11.3 Å². The minimum absolute atomic E-state index is 0.205. The summed E-state index contributed by atoms with van der Waals surface area (Å²) in [5, 5.41) is 2.77. The number of nitrogens with zero attached hydrogens (tertiary/aromatic N) is 1. The molecule has 3 rings (SSSR count). The van der Waals surface area contributed by atoms with Crippen LogP contribution < -0.4 is 5.73 Å². The molecular weight excluding hydrogens is 271 g/mol. The van der Waals surface area contributed by atoms with Crippen molar-refractivity contribution in [3.8, 4) is 21.8 Å². The average Bonchev–Trinajstić information content (AvgIpc) is 2.92. The zero-order valence-corrected chi connectivity index (χ0v) is 11.7. The molecule has 0 saturated carbocycles. The Morgan fingerprint density at radius 3 is 2.70 bits per heavy atom. The van der Waals surface area contributed by atoms with Crippen LogP contribution in [0.2, 0.25) is 0 Å². The summed E-state index contributed by atoms with van der Waals surface area (Å²) in [5.41, 5.74) is 9.75. The number of thiazole rings is 1. The summed E-state index contributed by atoms with van der Waals surface area (Å²) in [5.74, 6) is -0.205. The quantitative estimate of drug-likeness (QED) is 0.703. The molecule has 2 nitrogen and oxygen atoms in total.